The van der Waals surface area contributed by atoms with Crippen molar-refractivity contribution in [3.63, 3.8) is 0 Å². The lowest BCUT2D eigenvalue weighted by atomic mass is 10.1. The summed E-state index contributed by atoms with van der Waals surface area (Å²) in [6.07, 6.45) is 2.45. The molecule has 0 unspecified atom stereocenters. The van der Waals surface area contributed by atoms with Crippen molar-refractivity contribution >= 4 is 9.84 Å². The Labute approximate surface area is 90.8 Å². The quantitative estimate of drug-likeness (QED) is 0.692. The van der Waals surface area contributed by atoms with E-state index in [1.165, 1.54) is 0 Å². The Bertz CT molecular complexity index is 384. The van der Waals surface area contributed by atoms with Crippen molar-refractivity contribution in [2.24, 2.45) is 0 Å². The van der Waals surface area contributed by atoms with E-state index in [-0.39, 0.29) is 5.25 Å². The topological polar surface area (TPSA) is 61.2 Å². The average Bonchev–Trinajstić information content (AvgIpc) is 2.99. The molecule has 5 heteroatoms. The van der Waals surface area contributed by atoms with E-state index >= 15 is 0 Å². The fourth-order valence-corrected chi connectivity index (χ4v) is 4.46. The molecule has 0 radical (unpaired) electrons. The fourth-order valence-electron chi connectivity index (χ4n) is 2.19. The minimum atomic E-state index is -3.21. The Balaban J connectivity index is 2.14. The van der Waals surface area contributed by atoms with Crippen LogP contribution in [0.5, 0.6) is 0 Å². The number of nitrogens with zero attached hydrogens (tertiary/aromatic N) is 2. The second kappa shape index (κ2) is 3.46. The number of rotatable bonds is 2. The van der Waals surface area contributed by atoms with E-state index in [4.69, 9.17) is 5.26 Å². The van der Waals surface area contributed by atoms with E-state index in [9.17, 15) is 8.42 Å². The molecule has 2 aliphatic rings. The van der Waals surface area contributed by atoms with Crippen LogP contribution in [0.3, 0.4) is 0 Å². The Morgan fingerprint density at radius 3 is 2.27 bits per heavy atom. The summed E-state index contributed by atoms with van der Waals surface area (Å²) in [6, 6.07) is 2.00. The molecule has 2 fully saturated rings. The van der Waals surface area contributed by atoms with Gasteiger partial charge in [-0.1, -0.05) is 0 Å². The van der Waals surface area contributed by atoms with Gasteiger partial charge in [-0.25, -0.2) is 8.42 Å². The molecule has 0 spiro atoms. The van der Waals surface area contributed by atoms with Crippen molar-refractivity contribution in [1.29, 1.82) is 5.26 Å². The zero-order chi connectivity index (χ0) is 11.1. The highest BCUT2D eigenvalue weighted by Crippen LogP contribution is 2.46. The smallest absolute Gasteiger partial charge is 0.172 e. The summed E-state index contributed by atoms with van der Waals surface area (Å²) in [5, 5.41) is 8.65. The Morgan fingerprint density at radius 2 is 1.87 bits per heavy atom. The molecule has 0 aromatic heterocycles. The van der Waals surface area contributed by atoms with Crippen molar-refractivity contribution in [2.45, 2.75) is 35.7 Å². The first-order valence-electron chi connectivity index (χ1n) is 5.35. The van der Waals surface area contributed by atoms with Crippen molar-refractivity contribution in [2.75, 3.05) is 20.1 Å². The molecule has 0 N–H and O–H groups in total. The highest BCUT2D eigenvalue weighted by molar-refractivity contribution is 7.94. The van der Waals surface area contributed by atoms with E-state index in [2.05, 4.69) is 4.90 Å². The summed E-state index contributed by atoms with van der Waals surface area (Å²) in [6.45, 7) is 1.65. The minimum Gasteiger partial charge on any atom is -0.306 e. The van der Waals surface area contributed by atoms with E-state index < -0.39 is 14.6 Å². The zero-order valence-corrected chi connectivity index (χ0v) is 9.76. The average molecular weight is 228 g/mol. The van der Waals surface area contributed by atoms with E-state index in [1.54, 1.807) is 0 Å². The predicted octanol–water partition coefficient (Wildman–Crippen LogP) is 0.552. The van der Waals surface area contributed by atoms with Crippen molar-refractivity contribution in [3.05, 3.63) is 0 Å². The van der Waals surface area contributed by atoms with Gasteiger partial charge in [-0.15, -0.1) is 0 Å². The monoisotopic (exact) mass is 228 g/mol. The number of hydrogen-bond donors (Lipinski definition) is 0. The van der Waals surface area contributed by atoms with Gasteiger partial charge in [-0.2, -0.15) is 5.26 Å². The Hall–Kier alpha value is -0.600. The van der Waals surface area contributed by atoms with Crippen LogP contribution < -0.4 is 0 Å². The van der Waals surface area contributed by atoms with E-state index in [1.807, 2.05) is 13.1 Å². The lowest BCUT2D eigenvalue weighted by molar-refractivity contribution is 0.277. The van der Waals surface area contributed by atoms with Gasteiger partial charge in [0.25, 0.3) is 0 Å². The van der Waals surface area contributed by atoms with Gasteiger partial charge in [-0.3, -0.25) is 0 Å². The molecule has 0 atom stereocenters. The van der Waals surface area contributed by atoms with Gasteiger partial charge in [0.1, 0.15) is 0 Å². The molecular formula is C10H16N2O2S. The SMILES string of the molecule is CN1CCC(S(=O)(=O)C2(C#N)CC2)CC1. The molecule has 2 rings (SSSR count). The zero-order valence-electron chi connectivity index (χ0n) is 8.94. The first kappa shape index (κ1) is 10.9. The second-order valence-electron chi connectivity index (χ2n) is 4.65. The standard InChI is InChI=1S/C10H16N2O2S/c1-12-6-2-9(3-7-12)15(13,14)10(8-11)4-5-10/h9H,2-7H2,1H3. The first-order chi connectivity index (χ1) is 7.02. The minimum absolute atomic E-state index is 0.282. The van der Waals surface area contributed by atoms with E-state index in [0.29, 0.717) is 25.7 Å². The van der Waals surface area contributed by atoms with Crippen LogP contribution in [0.15, 0.2) is 0 Å². The third-order valence-corrected chi connectivity index (χ3v) is 6.49. The highest BCUT2D eigenvalue weighted by Gasteiger charge is 2.57. The third-order valence-electron chi connectivity index (χ3n) is 3.56. The predicted molar refractivity (Wildman–Crippen MR) is 57.0 cm³/mol. The Kier molecular flexibility index (Phi) is 2.52. The van der Waals surface area contributed by atoms with Gasteiger partial charge in [0.2, 0.25) is 0 Å². The molecule has 1 saturated heterocycles. The van der Waals surface area contributed by atoms with Crippen LogP contribution >= 0.6 is 0 Å². The molecule has 1 heterocycles. The van der Waals surface area contributed by atoms with Crippen LogP contribution in [0, 0.1) is 11.3 Å². The van der Waals surface area contributed by atoms with E-state index in [0.717, 1.165) is 13.1 Å². The summed E-state index contributed by atoms with van der Waals surface area (Å²) in [5.41, 5.74) is 0. The van der Waals surface area contributed by atoms with Crippen LogP contribution in [0.25, 0.3) is 0 Å². The van der Waals surface area contributed by atoms with Gasteiger partial charge < -0.3 is 4.90 Å². The molecule has 0 aromatic rings. The molecule has 1 aliphatic carbocycles. The third kappa shape index (κ3) is 1.66. The van der Waals surface area contributed by atoms with Crippen LogP contribution in [0.4, 0.5) is 0 Å². The van der Waals surface area contributed by atoms with Gasteiger partial charge in [0.05, 0.1) is 11.3 Å². The number of likely N-dealkylation sites (tertiary alicyclic amines) is 1. The second-order valence-corrected chi connectivity index (χ2v) is 7.19. The lowest BCUT2D eigenvalue weighted by Crippen LogP contribution is -2.41. The number of piperidine rings is 1. The summed E-state index contributed by atoms with van der Waals surface area (Å²) in [5.74, 6) is 0. The molecule has 4 nitrogen and oxygen atoms in total. The van der Waals surface area contributed by atoms with Crippen molar-refractivity contribution < 1.29 is 8.42 Å². The van der Waals surface area contributed by atoms with Crippen LogP contribution in [0.1, 0.15) is 25.7 Å². The number of hydrogen-bond acceptors (Lipinski definition) is 4. The van der Waals surface area contributed by atoms with Crippen molar-refractivity contribution in [3.8, 4) is 6.07 Å². The van der Waals surface area contributed by atoms with Crippen LogP contribution in [0.2, 0.25) is 0 Å². The first-order valence-corrected chi connectivity index (χ1v) is 6.90. The maximum Gasteiger partial charge on any atom is 0.172 e. The number of nitriles is 1. The summed E-state index contributed by atoms with van der Waals surface area (Å²) in [4.78, 5) is 2.14. The van der Waals surface area contributed by atoms with Crippen LogP contribution in [-0.2, 0) is 9.84 Å². The summed E-state index contributed by atoms with van der Waals surface area (Å²) in [7, 11) is -1.21. The molecule has 84 valence electrons. The maximum atomic E-state index is 12.2. The number of sulfone groups is 1. The molecule has 1 aliphatic heterocycles. The summed E-state index contributed by atoms with van der Waals surface area (Å²) < 4.78 is 23.3. The molecule has 1 saturated carbocycles. The van der Waals surface area contributed by atoms with Crippen molar-refractivity contribution in [1.82, 2.24) is 4.90 Å². The molecule has 0 bridgehead atoms. The van der Waals surface area contributed by atoms with Gasteiger partial charge in [0.15, 0.2) is 14.6 Å². The van der Waals surface area contributed by atoms with Crippen LogP contribution in [-0.4, -0.2) is 43.5 Å². The normalized spacial score (nSPS) is 27.2. The molecular weight excluding hydrogens is 212 g/mol. The summed E-state index contributed by atoms with van der Waals surface area (Å²) >= 11 is 0. The Morgan fingerprint density at radius 1 is 1.33 bits per heavy atom. The fraction of sp³-hybridized carbons (Fsp3) is 0.900. The lowest BCUT2D eigenvalue weighted by Gasteiger charge is -2.29. The van der Waals surface area contributed by atoms with Gasteiger partial charge in [-0.05, 0) is 45.8 Å². The molecule has 15 heavy (non-hydrogen) atoms. The van der Waals surface area contributed by atoms with Gasteiger partial charge >= 0.3 is 0 Å². The molecule has 0 aromatic carbocycles. The molecule has 0 amide bonds. The van der Waals surface area contributed by atoms with Gasteiger partial charge in [0, 0.05) is 0 Å². The largest absolute Gasteiger partial charge is 0.306 e. The highest BCUT2D eigenvalue weighted by atomic mass is 32.2. The maximum absolute atomic E-state index is 12.2.